The van der Waals surface area contributed by atoms with Gasteiger partial charge in [-0.05, 0) is 29.9 Å². The number of aliphatic hydroxyl groups is 2. The van der Waals surface area contributed by atoms with Crippen molar-refractivity contribution in [3.05, 3.63) is 35.4 Å². The summed E-state index contributed by atoms with van der Waals surface area (Å²) in [6.07, 6.45) is 1.19. The summed E-state index contributed by atoms with van der Waals surface area (Å²) < 4.78 is 0. The fraction of sp³-hybridized carbons (Fsp3) is 0.455. The average molecular weight is 178 g/mol. The second-order valence-corrected chi connectivity index (χ2v) is 3.70. The molecule has 2 rings (SSSR count). The van der Waals surface area contributed by atoms with Crippen molar-refractivity contribution >= 4 is 0 Å². The van der Waals surface area contributed by atoms with E-state index in [4.69, 9.17) is 5.11 Å². The minimum atomic E-state index is -0.387. The zero-order valence-corrected chi connectivity index (χ0v) is 7.48. The fourth-order valence-corrected chi connectivity index (χ4v) is 2.02. The van der Waals surface area contributed by atoms with Crippen LogP contribution in [0.2, 0.25) is 0 Å². The van der Waals surface area contributed by atoms with Gasteiger partial charge in [0.05, 0.1) is 6.10 Å². The van der Waals surface area contributed by atoms with Crippen molar-refractivity contribution in [1.29, 1.82) is 0 Å². The van der Waals surface area contributed by atoms with Crippen LogP contribution in [0.15, 0.2) is 24.3 Å². The fourth-order valence-electron chi connectivity index (χ4n) is 2.02. The number of aliphatic hydroxyl groups excluding tert-OH is 2. The molecule has 0 saturated carbocycles. The lowest BCUT2D eigenvalue weighted by Crippen LogP contribution is -2.20. The average Bonchev–Trinajstić information content (AvgIpc) is 2.18. The molecule has 0 amide bonds. The van der Waals surface area contributed by atoms with Crippen LogP contribution < -0.4 is 0 Å². The Hall–Kier alpha value is -0.860. The van der Waals surface area contributed by atoms with Gasteiger partial charge in [0, 0.05) is 6.61 Å². The number of hydrogen-bond acceptors (Lipinski definition) is 2. The first-order chi connectivity index (χ1) is 6.31. The van der Waals surface area contributed by atoms with Gasteiger partial charge in [-0.3, -0.25) is 0 Å². The highest BCUT2D eigenvalue weighted by Gasteiger charge is 2.24. The number of fused-ring (bicyclic) bond motifs is 1. The molecule has 1 aliphatic rings. The first kappa shape index (κ1) is 8.73. The number of rotatable bonds is 1. The summed E-state index contributed by atoms with van der Waals surface area (Å²) in [6.45, 7) is 0.172. The first-order valence-corrected chi connectivity index (χ1v) is 4.68. The quantitative estimate of drug-likeness (QED) is 0.680. The van der Waals surface area contributed by atoms with E-state index in [9.17, 15) is 5.11 Å². The van der Waals surface area contributed by atoms with Crippen LogP contribution >= 0.6 is 0 Å². The molecule has 1 aromatic carbocycles. The molecule has 0 radical (unpaired) electrons. The van der Waals surface area contributed by atoms with Crippen LogP contribution in [0.1, 0.15) is 23.7 Å². The van der Waals surface area contributed by atoms with Crippen LogP contribution in [0, 0.1) is 5.92 Å². The molecular weight excluding hydrogens is 164 g/mol. The van der Waals surface area contributed by atoms with Gasteiger partial charge < -0.3 is 10.2 Å². The molecule has 2 atom stereocenters. The van der Waals surface area contributed by atoms with Crippen LogP contribution in [0.5, 0.6) is 0 Å². The van der Waals surface area contributed by atoms with Crippen LogP contribution in [-0.2, 0) is 6.42 Å². The minimum absolute atomic E-state index is 0.172. The molecule has 0 fully saturated rings. The standard InChI is InChI=1S/C11H14O2/c12-7-8-5-9-3-1-2-4-10(9)11(13)6-8/h1-4,8,11-13H,5-7H2. The van der Waals surface area contributed by atoms with Crippen molar-refractivity contribution in [3.8, 4) is 0 Å². The molecule has 0 aliphatic heterocycles. The largest absolute Gasteiger partial charge is 0.396 e. The van der Waals surface area contributed by atoms with Gasteiger partial charge in [0.25, 0.3) is 0 Å². The molecule has 0 heterocycles. The van der Waals surface area contributed by atoms with Crippen molar-refractivity contribution in [2.45, 2.75) is 18.9 Å². The van der Waals surface area contributed by atoms with Crippen LogP contribution in [0.3, 0.4) is 0 Å². The Balaban J connectivity index is 2.31. The Morgan fingerprint density at radius 1 is 1.31 bits per heavy atom. The molecule has 0 saturated heterocycles. The normalized spacial score (nSPS) is 26.9. The third kappa shape index (κ3) is 1.60. The summed E-state index contributed by atoms with van der Waals surface area (Å²) in [6, 6.07) is 7.92. The van der Waals surface area contributed by atoms with E-state index in [-0.39, 0.29) is 18.6 Å². The van der Waals surface area contributed by atoms with Crippen molar-refractivity contribution in [3.63, 3.8) is 0 Å². The van der Waals surface area contributed by atoms with Gasteiger partial charge in [-0.25, -0.2) is 0 Å². The van der Waals surface area contributed by atoms with Gasteiger partial charge in [0.1, 0.15) is 0 Å². The Morgan fingerprint density at radius 2 is 2.08 bits per heavy atom. The van der Waals surface area contributed by atoms with E-state index in [0.29, 0.717) is 6.42 Å². The van der Waals surface area contributed by atoms with Gasteiger partial charge in [-0.2, -0.15) is 0 Å². The van der Waals surface area contributed by atoms with E-state index in [1.807, 2.05) is 24.3 Å². The first-order valence-electron chi connectivity index (χ1n) is 4.68. The van der Waals surface area contributed by atoms with Crippen molar-refractivity contribution in [1.82, 2.24) is 0 Å². The second-order valence-electron chi connectivity index (χ2n) is 3.70. The van der Waals surface area contributed by atoms with Gasteiger partial charge in [0.15, 0.2) is 0 Å². The van der Waals surface area contributed by atoms with E-state index in [0.717, 1.165) is 12.0 Å². The molecule has 2 heteroatoms. The highest BCUT2D eigenvalue weighted by atomic mass is 16.3. The van der Waals surface area contributed by atoms with E-state index in [1.54, 1.807) is 0 Å². The Morgan fingerprint density at radius 3 is 2.85 bits per heavy atom. The van der Waals surface area contributed by atoms with Gasteiger partial charge in [-0.1, -0.05) is 24.3 Å². The number of benzene rings is 1. The van der Waals surface area contributed by atoms with E-state index in [1.165, 1.54) is 5.56 Å². The maximum Gasteiger partial charge on any atom is 0.0796 e. The summed E-state index contributed by atoms with van der Waals surface area (Å²) in [4.78, 5) is 0. The van der Waals surface area contributed by atoms with Crippen LogP contribution in [-0.4, -0.2) is 16.8 Å². The molecule has 2 nitrogen and oxygen atoms in total. The van der Waals surface area contributed by atoms with Crippen LogP contribution in [0.4, 0.5) is 0 Å². The van der Waals surface area contributed by atoms with E-state index < -0.39 is 0 Å². The van der Waals surface area contributed by atoms with Crippen molar-refractivity contribution < 1.29 is 10.2 Å². The predicted octanol–water partition coefficient (Wildman–Crippen LogP) is 1.27. The maximum absolute atomic E-state index is 9.75. The SMILES string of the molecule is OCC1Cc2ccccc2C(O)C1. The van der Waals surface area contributed by atoms with Crippen LogP contribution in [0.25, 0.3) is 0 Å². The molecule has 1 aliphatic carbocycles. The molecular formula is C11H14O2. The highest BCUT2D eigenvalue weighted by molar-refractivity contribution is 5.31. The molecule has 2 N–H and O–H groups in total. The Bertz CT molecular complexity index is 296. The number of hydrogen-bond donors (Lipinski definition) is 2. The summed E-state index contributed by atoms with van der Waals surface area (Å²) in [5.74, 6) is 0.227. The topological polar surface area (TPSA) is 40.5 Å². The lowest BCUT2D eigenvalue weighted by atomic mass is 9.82. The molecule has 0 aromatic heterocycles. The predicted molar refractivity (Wildman–Crippen MR) is 50.3 cm³/mol. The molecule has 70 valence electrons. The van der Waals surface area contributed by atoms with Crippen molar-refractivity contribution in [2.24, 2.45) is 5.92 Å². The van der Waals surface area contributed by atoms with Gasteiger partial charge in [-0.15, -0.1) is 0 Å². The van der Waals surface area contributed by atoms with E-state index in [2.05, 4.69) is 0 Å². The molecule has 2 unspecified atom stereocenters. The summed E-state index contributed by atoms with van der Waals surface area (Å²) in [5.41, 5.74) is 2.22. The molecule has 1 aromatic rings. The minimum Gasteiger partial charge on any atom is -0.396 e. The second kappa shape index (κ2) is 3.48. The lowest BCUT2D eigenvalue weighted by Gasteiger charge is -2.27. The lowest BCUT2D eigenvalue weighted by molar-refractivity contribution is 0.104. The zero-order chi connectivity index (χ0) is 9.26. The Kier molecular flexibility index (Phi) is 2.34. The zero-order valence-electron chi connectivity index (χ0n) is 7.48. The summed E-state index contributed by atoms with van der Waals surface area (Å²) in [5, 5.41) is 18.8. The smallest absolute Gasteiger partial charge is 0.0796 e. The van der Waals surface area contributed by atoms with E-state index >= 15 is 0 Å². The summed E-state index contributed by atoms with van der Waals surface area (Å²) in [7, 11) is 0. The molecule has 13 heavy (non-hydrogen) atoms. The highest BCUT2D eigenvalue weighted by Crippen LogP contribution is 2.32. The monoisotopic (exact) mass is 178 g/mol. The Labute approximate surface area is 77.8 Å². The van der Waals surface area contributed by atoms with Gasteiger partial charge >= 0.3 is 0 Å². The third-order valence-corrected chi connectivity index (χ3v) is 2.74. The third-order valence-electron chi connectivity index (χ3n) is 2.74. The molecule has 0 spiro atoms. The molecule has 0 bridgehead atoms. The van der Waals surface area contributed by atoms with Gasteiger partial charge in [0.2, 0.25) is 0 Å². The maximum atomic E-state index is 9.75. The summed E-state index contributed by atoms with van der Waals surface area (Å²) >= 11 is 0. The van der Waals surface area contributed by atoms with Crippen molar-refractivity contribution in [2.75, 3.05) is 6.61 Å².